The van der Waals surface area contributed by atoms with Gasteiger partial charge in [0.1, 0.15) is 33.4 Å². The summed E-state index contributed by atoms with van der Waals surface area (Å²) in [6, 6.07) is 52.5. The van der Waals surface area contributed by atoms with Crippen LogP contribution in [0.1, 0.15) is 0 Å². The maximum atomic E-state index is 6.60. The van der Waals surface area contributed by atoms with E-state index in [4.69, 9.17) is 18.2 Å². The lowest BCUT2D eigenvalue weighted by atomic mass is 9.93. The van der Waals surface area contributed by atoms with Crippen LogP contribution in [0.5, 0.6) is 0 Å². The average Bonchev–Trinajstić information content (AvgIpc) is 3.84. The van der Waals surface area contributed by atoms with E-state index in [0.717, 1.165) is 110 Å². The molecule has 0 amide bonds. The van der Waals surface area contributed by atoms with Gasteiger partial charge in [0.05, 0.1) is 11.1 Å². The normalized spacial score (nSPS) is 12.1. The van der Waals surface area contributed by atoms with Crippen LogP contribution < -0.4 is 0 Å². The first-order valence-electron chi connectivity index (χ1n) is 16.5. The Balaban J connectivity index is 1.14. The van der Waals surface area contributed by atoms with Gasteiger partial charge in [0.15, 0.2) is 5.58 Å². The van der Waals surface area contributed by atoms with E-state index >= 15 is 0 Å². The van der Waals surface area contributed by atoms with Crippen molar-refractivity contribution in [3.05, 3.63) is 152 Å². The lowest BCUT2D eigenvalue weighted by Gasteiger charge is -2.11. The second-order valence-electron chi connectivity index (χ2n) is 12.6. The van der Waals surface area contributed by atoms with Crippen molar-refractivity contribution in [2.75, 3.05) is 0 Å². The van der Waals surface area contributed by atoms with E-state index in [0.29, 0.717) is 0 Å². The smallest absolute Gasteiger partial charge is 0.162 e. The summed E-state index contributed by atoms with van der Waals surface area (Å²) >= 11 is 0. The minimum Gasteiger partial charge on any atom is -0.455 e. The van der Waals surface area contributed by atoms with Gasteiger partial charge in [0, 0.05) is 37.9 Å². The monoisotopic (exact) mass is 627 g/mol. The van der Waals surface area contributed by atoms with Gasteiger partial charge in [-0.1, -0.05) is 103 Å². The third-order valence-electron chi connectivity index (χ3n) is 9.85. The molecule has 0 unspecified atom stereocenters. The zero-order valence-corrected chi connectivity index (χ0v) is 26.1. The summed E-state index contributed by atoms with van der Waals surface area (Å²) in [6.45, 7) is 0. The largest absolute Gasteiger partial charge is 0.455 e. The van der Waals surface area contributed by atoms with Crippen molar-refractivity contribution in [2.24, 2.45) is 0 Å². The third-order valence-corrected chi connectivity index (χ3v) is 9.85. The van der Waals surface area contributed by atoms with Gasteiger partial charge < -0.3 is 13.3 Å². The Bertz CT molecular complexity index is 3030. The fourth-order valence-electron chi connectivity index (χ4n) is 7.63. The first-order chi connectivity index (χ1) is 24.3. The molecule has 0 aliphatic heterocycles. The van der Waals surface area contributed by atoms with Gasteiger partial charge in [-0.15, -0.1) is 0 Å². The van der Waals surface area contributed by atoms with E-state index in [9.17, 15) is 0 Å². The van der Waals surface area contributed by atoms with Crippen molar-refractivity contribution >= 4 is 76.8 Å². The summed E-state index contributed by atoms with van der Waals surface area (Å²) in [5, 5.41) is 6.43. The Labute approximate surface area is 279 Å². The highest BCUT2D eigenvalue weighted by Gasteiger charge is 2.22. The SMILES string of the molecule is c1cc(-c2cccc(-c3c4ccccc4nc4c3oc3ccccc34)c2)cc(-c2c3oc4ccccc4c3cc3c2oc2ccccc23)c1. The van der Waals surface area contributed by atoms with E-state index < -0.39 is 0 Å². The number of pyridine rings is 1. The number of nitrogens with zero attached hydrogens (tertiary/aromatic N) is 1. The number of benzene rings is 7. The Morgan fingerprint density at radius 1 is 0.327 bits per heavy atom. The summed E-state index contributed by atoms with van der Waals surface area (Å²) in [6.07, 6.45) is 0. The highest BCUT2D eigenvalue weighted by atomic mass is 16.3. The average molecular weight is 628 g/mol. The fraction of sp³-hybridized carbons (Fsp3) is 0. The molecule has 0 bridgehead atoms. The van der Waals surface area contributed by atoms with Crippen molar-refractivity contribution in [3.8, 4) is 33.4 Å². The highest BCUT2D eigenvalue weighted by molar-refractivity contribution is 6.22. The molecule has 0 N–H and O–H groups in total. The van der Waals surface area contributed by atoms with Gasteiger partial charge >= 0.3 is 0 Å². The van der Waals surface area contributed by atoms with Crippen LogP contribution in [0.3, 0.4) is 0 Å². The fourth-order valence-corrected chi connectivity index (χ4v) is 7.63. The Morgan fingerprint density at radius 2 is 0.796 bits per heavy atom. The van der Waals surface area contributed by atoms with Crippen LogP contribution in [-0.4, -0.2) is 4.98 Å². The van der Waals surface area contributed by atoms with E-state index in [-0.39, 0.29) is 0 Å². The quantitative estimate of drug-likeness (QED) is 0.196. The molecule has 0 aliphatic rings. The zero-order chi connectivity index (χ0) is 32.1. The topological polar surface area (TPSA) is 52.3 Å². The Kier molecular flexibility index (Phi) is 5.35. The molecular weight excluding hydrogens is 602 g/mol. The summed E-state index contributed by atoms with van der Waals surface area (Å²) in [5.74, 6) is 0. The van der Waals surface area contributed by atoms with Gasteiger partial charge in [0.2, 0.25) is 0 Å². The molecule has 49 heavy (non-hydrogen) atoms. The second kappa shape index (κ2) is 9.93. The number of fused-ring (bicyclic) bond motifs is 10. The summed E-state index contributed by atoms with van der Waals surface area (Å²) in [4.78, 5) is 5.05. The molecule has 11 rings (SSSR count). The van der Waals surface area contributed by atoms with Crippen molar-refractivity contribution < 1.29 is 13.3 Å². The maximum absolute atomic E-state index is 6.60. The van der Waals surface area contributed by atoms with Crippen LogP contribution in [0.4, 0.5) is 0 Å². The number of para-hydroxylation sites is 4. The molecule has 0 aliphatic carbocycles. The molecule has 0 saturated carbocycles. The molecule has 0 atom stereocenters. The minimum absolute atomic E-state index is 0.801. The standard InChI is InChI=1S/C45H25NO3/c1-5-19-36-32(17-1)40(45-42(46-36)33-18-4-8-22-39(33)49-45)28-13-9-11-26(23-28)27-12-10-14-29(24-27)41-43-34(30-15-2-6-20-37(30)47-43)25-35-31-16-3-7-21-38(31)48-44(35)41/h1-25H. The summed E-state index contributed by atoms with van der Waals surface area (Å²) in [5.41, 5.74) is 13.1. The predicted octanol–water partition coefficient (Wildman–Crippen LogP) is 12.9. The van der Waals surface area contributed by atoms with Crippen LogP contribution in [0.25, 0.3) is 110 Å². The molecular formula is C45H25NO3. The maximum Gasteiger partial charge on any atom is 0.162 e. The number of hydrogen-bond donors (Lipinski definition) is 0. The molecule has 4 heterocycles. The predicted molar refractivity (Wildman–Crippen MR) is 200 cm³/mol. The molecule has 7 aromatic carbocycles. The van der Waals surface area contributed by atoms with Gasteiger partial charge in [-0.05, 0) is 70.8 Å². The molecule has 4 nitrogen and oxygen atoms in total. The molecule has 0 saturated heterocycles. The van der Waals surface area contributed by atoms with Crippen LogP contribution in [0.15, 0.2) is 165 Å². The molecule has 0 fully saturated rings. The van der Waals surface area contributed by atoms with Crippen molar-refractivity contribution in [2.45, 2.75) is 0 Å². The van der Waals surface area contributed by atoms with Crippen LogP contribution in [-0.2, 0) is 0 Å². The molecule has 11 aromatic rings. The molecule has 228 valence electrons. The molecule has 4 heteroatoms. The van der Waals surface area contributed by atoms with Crippen molar-refractivity contribution in [3.63, 3.8) is 0 Å². The van der Waals surface area contributed by atoms with E-state index in [1.807, 2.05) is 48.5 Å². The van der Waals surface area contributed by atoms with Gasteiger partial charge in [-0.2, -0.15) is 0 Å². The molecule has 0 spiro atoms. The number of aromatic nitrogens is 1. The number of rotatable bonds is 3. The van der Waals surface area contributed by atoms with E-state index in [2.05, 4.69) is 103 Å². The van der Waals surface area contributed by atoms with Crippen LogP contribution in [0, 0.1) is 0 Å². The van der Waals surface area contributed by atoms with Gasteiger partial charge in [0.25, 0.3) is 0 Å². The third kappa shape index (κ3) is 3.83. The Morgan fingerprint density at radius 3 is 1.43 bits per heavy atom. The van der Waals surface area contributed by atoms with Crippen LogP contribution in [0.2, 0.25) is 0 Å². The lowest BCUT2D eigenvalue weighted by molar-refractivity contribution is 0.658. The molecule has 4 aromatic heterocycles. The lowest BCUT2D eigenvalue weighted by Crippen LogP contribution is -1.88. The van der Waals surface area contributed by atoms with Gasteiger partial charge in [-0.3, -0.25) is 0 Å². The van der Waals surface area contributed by atoms with E-state index in [1.54, 1.807) is 0 Å². The zero-order valence-electron chi connectivity index (χ0n) is 26.1. The van der Waals surface area contributed by atoms with Gasteiger partial charge in [-0.25, -0.2) is 4.98 Å². The second-order valence-corrected chi connectivity index (χ2v) is 12.6. The van der Waals surface area contributed by atoms with Crippen molar-refractivity contribution in [1.82, 2.24) is 4.98 Å². The summed E-state index contributed by atoms with van der Waals surface area (Å²) < 4.78 is 19.7. The van der Waals surface area contributed by atoms with E-state index in [1.165, 1.54) is 0 Å². The van der Waals surface area contributed by atoms with Crippen molar-refractivity contribution in [1.29, 1.82) is 0 Å². The highest BCUT2D eigenvalue weighted by Crippen LogP contribution is 2.45. The number of furan rings is 3. The first-order valence-corrected chi connectivity index (χ1v) is 16.5. The summed E-state index contributed by atoms with van der Waals surface area (Å²) in [7, 11) is 0. The number of hydrogen-bond acceptors (Lipinski definition) is 4. The first kappa shape index (κ1) is 26.4. The Hall–Kier alpha value is -6.65. The molecule has 0 radical (unpaired) electrons. The van der Waals surface area contributed by atoms with Crippen LogP contribution >= 0.6 is 0 Å². The minimum atomic E-state index is 0.801.